The van der Waals surface area contributed by atoms with Gasteiger partial charge in [0.2, 0.25) is 0 Å². The minimum Gasteiger partial charge on any atom is -0.497 e. The molecule has 16 heavy (non-hydrogen) atoms. The molecule has 1 aromatic carbocycles. The van der Waals surface area contributed by atoms with Crippen molar-refractivity contribution in [2.75, 3.05) is 20.8 Å². The zero-order valence-electron chi connectivity index (χ0n) is 9.45. The normalized spacial score (nSPS) is 19.9. The number of nitrogens with one attached hydrogen (secondary N) is 1. The molecule has 1 saturated heterocycles. The quantitative estimate of drug-likeness (QED) is 0.836. The first-order valence-electron chi connectivity index (χ1n) is 5.24. The smallest absolute Gasteiger partial charge is 0.155 e. The molecule has 0 radical (unpaired) electrons. The van der Waals surface area contributed by atoms with E-state index < -0.39 is 0 Å². The molecule has 0 aliphatic carbocycles. The predicted molar refractivity (Wildman–Crippen MR) is 59.9 cm³/mol. The topological polar surface area (TPSA) is 47.6 Å². The fourth-order valence-corrected chi connectivity index (χ4v) is 1.95. The number of rotatable bonds is 3. The van der Waals surface area contributed by atoms with Crippen LogP contribution in [0.2, 0.25) is 0 Å². The summed E-state index contributed by atoms with van der Waals surface area (Å²) in [5.74, 6) is 1.65. The molecule has 86 valence electrons. The summed E-state index contributed by atoms with van der Waals surface area (Å²) in [7, 11) is 3.21. The largest absolute Gasteiger partial charge is 0.497 e. The fourth-order valence-electron chi connectivity index (χ4n) is 1.95. The van der Waals surface area contributed by atoms with E-state index in [9.17, 15) is 4.79 Å². The van der Waals surface area contributed by atoms with E-state index in [-0.39, 0.29) is 11.8 Å². The van der Waals surface area contributed by atoms with Crippen molar-refractivity contribution in [3.8, 4) is 11.5 Å². The third kappa shape index (κ3) is 1.88. The number of Topliss-reactive ketones (excluding diaryl/α,β-unsaturated/α-hetero) is 1. The summed E-state index contributed by atoms with van der Waals surface area (Å²) < 4.78 is 10.4. The lowest BCUT2D eigenvalue weighted by Gasteiger charge is -2.15. The maximum absolute atomic E-state index is 11.7. The Morgan fingerprint density at radius 2 is 2.12 bits per heavy atom. The van der Waals surface area contributed by atoms with Crippen LogP contribution in [-0.2, 0) is 4.79 Å². The first-order chi connectivity index (χ1) is 7.76. The standard InChI is InChI=1S/C12H15NO3/c1-15-8-3-4-11(16-2)9(7-8)12-10(14)5-6-13-12/h3-4,7,12-13H,5-6H2,1-2H3. The lowest BCUT2D eigenvalue weighted by molar-refractivity contribution is -0.118. The molecule has 1 aliphatic rings. The number of ether oxygens (including phenoxy) is 2. The van der Waals surface area contributed by atoms with Gasteiger partial charge in [-0.25, -0.2) is 0 Å². The van der Waals surface area contributed by atoms with Gasteiger partial charge in [-0.1, -0.05) is 0 Å². The van der Waals surface area contributed by atoms with Gasteiger partial charge in [-0.15, -0.1) is 0 Å². The maximum Gasteiger partial charge on any atom is 0.155 e. The average molecular weight is 221 g/mol. The summed E-state index contributed by atoms with van der Waals surface area (Å²) in [5, 5.41) is 3.16. The molecule has 1 heterocycles. The van der Waals surface area contributed by atoms with E-state index in [0.29, 0.717) is 12.2 Å². The molecule has 2 rings (SSSR count). The molecule has 1 unspecified atom stereocenters. The lowest BCUT2D eigenvalue weighted by Crippen LogP contribution is -2.18. The molecule has 0 aromatic heterocycles. The van der Waals surface area contributed by atoms with E-state index in [1.165, 1.54) is 0 Å². The number of benzene rings is 1. The van der Waals surface area contributed by atoms with Gasteiger partial charge >= 0.3 is 0 Å². The number of ketones is 1. The van der Waals surface area contributed by atoms with E-state index in [0.717, 1.165) is 17.9 Å². The Kier molecular flexibility index (Phi) is 3.10. The zero-order valence-corrected chi connectivity index (χ0v) is 9.45. The van der Waals surface area contributed by atoms with Crippen LogP contribution < -0.4 is 14.8 Å². The van der Waals surface area contributed by atoms with Crippen molar-refractivity contribution in [3.05, 3.63) is 23.8 Å². The summed E-state index contributed by atoms with van der Waals surface area (Å²) in [6.45, 7) is 0.726. The van der Waals surface area contributed by atoms with Crippen molar-refractivity contribution in [1.29, 1.82) is 0 Å². The van der Waals surface area contributed by atoms with Crippen LogP contribution in [0.5, 0.6) is 11.5 Å². The van der Waals surface area contributed by atoms with Crippen molar-refractivity contribution in [2.24, 2.45) is 0 Å². The van der Waals surface area contributed by atoms with E-state index in [2.05, 4.69) is 5.32 Å². The number of hydrogen-bond donors (Lipinski definition) is 1. The highest BCUT2D eigenvalue weighted by Gasteiger charge is 2.28. The monoisotopic (exact) mass is 221 g/mol. The Labute approximate surface area is 94.6 Å². The van der Waals surface area contributed by atoms with Gasteiger partial charge in [0.25, 0.3) is 0 Å². The summed E-state index contributed by atoms with van der Waals surface area (Å²) in [6.07, 6.45) is 0.574. The molecule has 4 heteroatoms. The summed E-state index contributed by atoms with van der Waals surface area (Å²) in [6, 6.07) is 5.23. The van der Waals surface area contributed by atoms with E-state index >= 15 is 0 Å². The van der Waals surface area contributed by atoms with Gasteiger partial charge in [0.15, 0.2) is 5.78 Å². The fraction of sp³-hybridized carbons (Fsp3) is 0.417. The van der Waals surface area contributed by atoms with Crippen LogP contribution in [0.1, 0.15) is 18.0 Å². The second-order valence-electron chi connectivity index (χ2n) is 3.71. The Morgan fingerprint density at radius 3 is 2.69 bits per heavy atom. The molecule has 4 nitrogen and oxygen atoms in total. The van der Waals surface area contributed by atoms with Gasteiger partial charge in [-0.2, -0.15) is 0 Å². The number of methoxy groups -OCH3 is 2. The highest BCUT2D eigenvalue weighted by molar-refractivity contribution is 5.88. The number of carbonyl (C=O) groups excluding carboxylic acids is 1. The van der Waals surface area contributed by atoms with Crippen molar-refractivity contribution in [3.63, 3.8) is 0 Å². The molecular formula is C12H15NO3. The molecule has 1 atom stereocenters. The Balaban J connectivity index is 2.39. The Bertz CT molecular complexity index is 403. The van der Waals surface area contributed by atoms with Gasteiger partial charge in [-0.3, -0.25) is 4.79 Å². The van der Waals surface area contributed by atoms with Crippen molar-refractivity contribution in [1.82, 2.24) is 5.32 Å². The first-order valence-corrected chi connectivity index (χ1v) is 5.24. The van der Waals surface area contributed by atoms with Crippen LogP contribution in [0.4, 0.5) is 0 Å². The van der Waals surface area contributed by atoms with E-state index in [1.807, 2.05) is 18.2 Å². The highest BCUT2D eigenvalue weighted by Crippen LogP contribution is 2.31. The van der Waals surface area contributed by atoms with Crippen LogP contribution in [0, 0.1) is 0 Å². The third-order valence-corrected chi connectivity index (χ3v) is 2.79. The molecule has 0 bridgehead atoms. The van der Waals surface area contributed by atoms with E-state index in [4.69, 9.17) is 9.47 Å². The van der Waals surface area contributed by atoms with Crippen molar-refractivity contribution in [2.45, 2.75) is 12.5 Å². The average Bonchev–Trinajstić information content (AvgIpc) is 2.74. The van der Waals surface area contributed by atoms with E-state index in [1.54, 1.807) is 14.2 Å². The Hall–Kier alpha value is -1.55. The van der Waals surface area contributed by atoms with Gasteiger partial charge in [0.05, 0.1) is 20.3 Å². The summed E-state index contributed by atoms with van der Waals surface area (Å²) in [5.41, 5.74) is 0.851. The molecule has 0 spiro atoms. The van der Waals surface area contributed by atoms with Crippen molar-refractivity contribution < 1.29 is 14.3 Å². The molecule has 1 fully saturated rings. The van der Waals surface area contributed by atoms with Crippen LogP contribution in [0.25, 0.3) is 0 Å². The summed E-state index contributed by atoms with van der Waals surface area (Å²) in [4.78, 5) is 11.7. The van der Waals surface area contributed by atoms with Crippen molar-refractivity contribution >= 4 is 5.78 Å². The zero-order chi connectivity index (χ0) is 11.5. The second-order valence-corrected chi connectivity index (χ2v) is 3.71. The number of hydrogen-bond acceptors (Lipinski definition) is 4. The molecule has 0 saturated carbocycles. The van der Waals surface area contributed by atoms with Crippen LogP contribution >= 0.6 is 0 Å². The third-order valence-electron chi connectivity index (χ3n) is 2.79. The van der Waals surface area contributed by atoms with Gasteiger partial charge < -0.3 is 14.8 Å². The van der Waals surface area contributed by atoms with Crippen LogP contribution in [0.15, 0.2) is 18.2 Å². The molecule has 1 aromatic rings. The van der Waals surface area contributed by atoms with Gasteiger partial charge in [-0.05, 0) is 18.2 Å². The first kappa shape index (κ1) is 11.0. The van der Waals surface area contributed by atoms with Gasteiger partial charge in [0, 0.05) is 18.5 Å². The lowest BCUT2D eigenvalue weighted by atomic mass is 10.0. The molecule has 1 aliphatic heterocycles. The van der Waals surface area contributed by atoms with Crippen LogP contribution in [0.3, 0.4) is 0 Å². The second kappa shape index (κ2) is 4.53. The van der Waals surface area contributed by atoms with Crippen LogP contribution in [-0.4, -0.2) is 26.5 Å². The maximum atomic E-state index is 11.7. The molecule has 1 N–H and O–H groups in total. The SMILES string of the molecule is COc1ccc(OC)c(C2NCCC2=O)c1. The highest BCUT2D eigenvalue weighted by atomic mass is 16.5. The predicted octanol–water partition coefficient (Wildman–Crippen LogP) is 1.31. The summed E-state index contributed by atoms with van der Waals surface area (Å²) >= 11 is 0. The number of carbonyl (C=O) groups is 1. The minimum absolute atomic E-state index is 0.201. The van der Waals surface area contributed by atoms with Gasteiger partial charge in [0.1, 0.15) is 11.5 Å². The minimum atomic E-state index is -0.259. The molecular weight excluding hydrogens is 206 g/mol. The Morgan fingerprint density at radius 1 is 1.31 bits per heavy atom. The molecule has 0 amide bonds.